The van der Waals surface area contributed by atoms with E-state index < -0.39 is 0 Å². The Morgan fingerprint density at radius 1 is 1.38 bits per heavy atom. The number of rotatable bonds is 4. The molecular weight excluding hydrogens is 205 g/mol. The van der Waals surface area contributed by atoms with Crippen LogP contribution in [0.5, 0.6) is 0 Å². The van der Waals surface area contributed by atoms with Crippen LogP contribution in [0.4, 0.5) is 4.39 Å². The lowest BCUT2D eigenvalue weighted by molar-refractivity contribution is 0.0146. The zero-order valence-electron chi connectivity index (χ0n) is 9.74. The van der Waals surface area contributed by atoms with Crippen molar-refractivity contribution in [3.63, 3.8) is 0 Å². The Kier molecular flexibility index (Phi) is 3.56. The maximum absolute atomic E-state index is 13.5. The highest BCUT2D eigenvalue weighted by molar-refractivity contribution is 5.20. The van der Waals surface area contributed by atoms with E-state index in [2.05, 4.69) is 5.32 Å². The van der Waals surface area contributed by atoms with Gasteiger partial charge in [0, 0.05) is 24.8 Å². The van der Waals surface area contributed by atoms with Gasteiger partial charge in [0.15, 0.2) is 0 Å². The fraction of sp³-hybridized carbons (Fsp3) is 0.538. The molecule has 1 saturated carbocycles. The van der Waals surface area contributed by atoms with Gasteiger partial charge >= 0.3 is 0 Å². The molecule has 0 saturated heterocycles. The summed E-state index contributed by atoms with van der Waals surface area (Å²) in [5.74, 6) is -0.134. The van der Waals surface area contributed by atoms with Crippen LogP contribution in [0.3, 0.4) is 0 Å². The normalized spacial score (nSPS) is 26.2. The van der Waals surface area contributed by atoms with Gasteiger partial charge in [-0.15, -0.1) is 0 Å². The minimum absolute atomic E-state index is 0.0593. The van der Waals surface area contributed by atoms with Crippen LogP contribution in [0.2, 0.25) is 0 Å². The van der Waals surface area contributed by atoms with Gasteiger partial charge in [0.25, 0.3) is 0 Å². The summed E-state index contributed by atoms with van der Waals surface area (Å²) in [6.45, 7) is 2.00. The standard InChI is InChI=1S/C13H18FNO/c1-9(12-5-3-4-6-13(12)14)15-10-7-11(8-10)16-2/h3-6,9-11,15H,7-8H2,1-2H3/t9-,10?,11?/m1/s1. The third-order valence-corrected chi connectivity index (χ3v) is 3.29. The van der Waals surface area contributed by atoms with Crippen LogP contribution in [0.25, 0.3) is 0 Å². The van der Waals surface area contributed by atoms with Crippen molar-refractivity contribution in [2.75, 3.05) is 7.11 Å². The number of nitrogens with one attached hydrogen (secondary N) is 1. The molecule has 0 amide bonds. The van der Waals surface area contributed by atoms with Gasteiger partial charge in [-0.3, -0.25) is 0 Å². The molecule has 1 fully saturated rings. The molecule has 0 heterocycles. The molecule has 2 nitrogen and oxygen atoms in total. The maximum Gasteiger partial charge on any atom is 0.127 e. The summed E-state index contributed by atoms with van der Waals surface area (Å²) >= 11 is 0. The average Bonchev–Trinajstić information content (AvgIpc) is 2.23. The Morgan fingerprint density at radius 2 is 2.06 bits per heavy atom. The van der Waals surface area contributed by atoms with Gasteiger partial charge in [-0.05, 0) is 25.8 Å². The molecular formula is C13H18FNO. The summed E-state index contributed by atoms with van der Waals surface area (Å²) in [7, 11) is 1.74. The number of halogens is 1. The number of methoxy groups -OCH3 is 1. The Bertz CT molecular complexity index is 350. The second kappa shape index (κ2) is 4.93. The molecule has 0 bridgehead atoms. The Balaban J connectivity index is 1.89. The SMILES string of the molecule is COC1CC(N[C@H](C)c2ccccc2F)C1. The van der Waals surface area contributed by atoms with Crippen molar-refractivity contribution in [1.82, 2.24) is 5.32 Å². The van der Waals surface area contributed by atoms with Gasteiger partial charge in [-0.1, -0.05) is 18.2 Å². The molecule has 1 aromatic rings. The van der Waals surface area contributed by atoms with Gasteiger partial charge in [-0.25, -0.2) is 4.39 Å². The Hall–Kier alpha value is -0.930. The van der Waals surface area contributed by atoms with Crippen molar-refractivity contribution >= 4 is 0 Å². The summed E-state index contributed by atoms with van der Waals surface area (Å²) in [6.07, 6.45) is 2.43. The number of ether oxygens (including phenoxy) is 1. The largest absolute Gasteiger partial charge is 0.381 e. The summed E-state index contributed by atoms with van der Waals surface area (Å²) in [5.41, 5.74) is 0.739. The van der Waals surface area contributed by atoms with E-state index in [1.165, 1.54) is 6.07 Å². The molecule has 1 aliphatic rings. The summed E-state index contributed by atoms with van der Waals surface area (Å²) < 4.78 is 18.7. The number of hydrogen-bond acceptors (Lipinski definition) is 2. The van der Waals surface area contributed by atoms with Gasteiger partial charge in [0.05, 0.1) is 6.10 Å². The van der Waals surface area contributed by atoms with Crippen molar-refractivity contribution in [2.24, 2.45) is 0 Å². The highest BCUT2D eigenvalue weighted by Gasteiger charge is 2.30. The zero-order chi connectivity index (χ0) is 11.5. The molecule has 16 heavy (non-hydrogen) atoms. The van der Waals surface area contributed by atoms with E-state index in [1.54, 1.807) is 13.2 Å². The van der Waals surface area contributed by atoms with Crippen molar-refractivity contribution < 1.29 is 9.13 Å². The summed E-state index contributed by atoms with van der Waals surface area (Å²) in [4.78, 5) is 0. The van der Waals surface area contributed by atoms with Crippen molar-refractivity contribution in [2.45, 2.75) is 38.0 Å². The molecule has 0 spiro atoms. The Morgan fingerprint density at radius 3 is 2.69 bits per heavy atom. The fourth-order valence-electron chi connectivity index (χ4n) is 2.16. The van der Waals surface area contributed by atoms with E-state index in [9.17, 15) is 4.39 Å². The monoisotopic (exact) mass is 223 g/mol. The van der Waals surface area contributed by atoms with Crippen LogP contribution in [0.15, 0.2) is 24.3 Å². The van der Waals surface area contributed by atoms with E-state index in [0.717, 1.165) is 18.4 Å². The van der Waals surface area contributed by atoms with Crippen LogP contribution in [0.1, 0.15) is 31.4 Å². The first-order valence-corrected chi connectivity index (χ1v) is 5.74. The minimum Gasteiger partial charge on any atom is -0.381 e. The van der Waals surface area contributed by atoms with E-state index in [-0.39, 0.29) is 11.9 Å². The van der Waals surface area contributed by atoms with Crippen LogP contribution >= 0.6 is 0 Å². The highest BCUT2D eigenvalue weighted by atomic mass is 19.1. The fourth-order valence-corrected chi connectivity index (χ4v) is 2.16. The number of hydrogen-bond donors (Lipinski definition) is 1. The molecule has 2 rings (SSSR count). The van der Waals surface area contributed by atoms with Gasteiger partial charge in [0.2, 0.25) is 0 Å². The molecule has 0 aromatic heterocycles. The van der Waals surface area contributed by atoms with Crippen LogP contribution in [-0.2, 0) is 4.74 Å². The van der Waals surface area contributed by atoms with Gasteiger partial charge in [-0.2, -0.15) is 0 Å². The van der Waals surface area contributed by atoms with Crippen LogP contribution < -0.4 is 5.32 Å². The van der Waals surface area contributed by atoms with E-state index in [1.807, 2.05) is 19.1 Å². The lowest BCUT2D eigenvalue weighted by Gasteiger charge is -2.36. The lowest BCUT2D eigenvalue weighted by atomic mass is 9.88. The number of benzene rings is 1. The van der Waals surface area contributed by atoms with Gasteiger partial charge in [0.1, 0.15) is 5.82 Å². The molecule has 0 radical (unpaired) electrons. The predicted octanol–water partition coefficient (Wildman–Crippen LogP) is 2.65. The molecule has 0 aliphatic heterocycles. The van der Waals surface area contributed by atoms with Crippen molar-refractivity contribution in [1.29, 1.82) is 0 Å². The third-order valence-electron chi connectivity index (χ3n) is 3.29. The molecule has 1 aliphatic carbocycles. The topological polar surface area (TPSA) is 21.3 Å². The predicted molar refractivity (Wildman–Crippen MR) is 61.8 cm³/mol. The second-order valence-corrected chi connectivity index (χ2v) is 4.44. The van der Waals surface area contributed by atoms with Crippen molar-refractivity contribution in [3.8, 4) is 0 Å². The average molecular weight is 223 g/mol. The van der Waals surface area contributed by atoms with E-state index in [4.69, 9.17) is 4.74 Å². The maximum atomic E-state index is 13.5. The van der Waals surface area contributed by atoms with E-state index >= 15 is 0 Å². The first-order valence-electron chi connectivity index (χ1n) is 5.74. The molecule has 1 N–H and O–H groups in total. The molecule has 1 atom stereocenters. The van der Waals surface area contributed by atoms with Crippen LogP contribution in [-0.4, -0.2) is 19.3 Å². The smallest absolute Gasteiger partial charge is 0.127 e. The quantitative estimate of drug-likeness (QED) is 0.847. The van der Waals surface area contributed by atoms with Gasteiger partial charge < -0.3 is 10.1 Å². The van der Waals surface area contributed by atoms with Crippen LogP contribution in [0, 0.1) is 5.82 Å². The lowest BCUT2D eigenvalue weighted by Crippen LogP contribution is -2.45. The first kappa shape index (κ1) is 11.6. The minimum atomic E-state index is -0.134. The summed E-state index contributed by atoms with van der Waals surface area (Å²) in [5, 5.41) is 3.42. The molecule has 0 unspecified atom stereocenters. The molecule has 88 valence electrons. The van der Waals surface area contributed by atoms with E-state index in [0.29, 0.717) is 12.1 Å². The second-order valence-electron chi connectivity index (χ2n) is 4.44. The zero-order valence-corrected chi connectivity index (χ0v) is 9.74. The third kappa shape index (κ3) is 2.42. The highest BCUT2D eigenvalue weighted by Crippen LogP contribution is 2.26. The molecule has 3 heteroatoms. The first-order chi connectivity index (χ1) is 7.70. The Labute approximate surface area is 95.8 Å². The molecule has 1 aromatic carbocycles. The summed E-state index contributed by atoms with van der Waals surface area (Å²) in [6, 6.07) is 7.44. The van der Waals surface area contributed by atoms with Crippen molar-refractivity contribution in [3.05, 3.63) is 35.6 Å².